The van der Waals surface area contributed by atoms with E-state index in [1.54, 1.807) is 50.6 Å². The Balaban J connectivity index is 1.77. The summed E-state index contributed by atoms with van der Waals surface area (Å²) >= 11 is 6.20. The molecule has 0 bridgehead atoms. The fraction of sp³-hybridized carbons (Fsp3) is 0.273. The number of imidazole rings is 1. The number of halogens is 1. The average molecular weight is 440 g/mol. The Kier molecular flexibility index (Phi) is 5.65. The average Bonchev–Trinajstić information content (AvgIpc) is 3.43. The number of amides is 1. The van der Waals surface area contributed by atoms with Gasteiger partial charge in [-0.2, -0.15) is 5.10 Å². The van der Waals surface area contributed by atoms with Gasteiger partial charge in [0.2, 0.25) is 0 Å². The van der Waals surface area contributed by atoms with Crippen molar-refractivity contribution in [2.24, 2.45) is 0 Å². The van der Waals surface area contributed by atoms with Crippen LogP contribution in [0.1, 0.15) is 35.0 Å². The van der Waals surface area contributed by atoms with E-state index < -0.39 is 17.7 Å². The summed E-state index contributed by atoms with van der Waals surface area (Å²) in [6.45, 7) is 4.46. The number of aryl methyl sites for hydroxylation is 3. The minimum Gasteiger partial charge on any atom is -0.507 e. The molecule has 9 heteroatoms. The molecule has 1 aromatic carbocycles. The molecular weight excluding hydrogens is 418 g/mol. The van der Waals surface area contributed by atoms with Crippen molar-refractivity contribution in [2.75, 3.05) is 6.54 Å². The number of ketones is 1. The number of hydrogen-bond donors (Lipinski definition) is 2. The van der Waals surface area contributed by atoms with Crippen molar-refractivity contribution in [1.82, 2.24) is 24.6 Å². The SMILES string of the molecule is Cc1n[nH]c(C)c1/C(O)=C1\C(=O)C(=O)N(CCCn2ccnc2)C1c1cccc(Cl)c1. The molecule has 1 unspecified atom stereocenters. The fourth-order valence-electron chi connectivity index (χ4n) is 4.01. The van der Waals surface area contributed by atoms with Crippen LogP contribution < -0.4 is 0 Å². The molecule has 4 rings (SSSR count). The zero-order chi connectivity index (χ0) is 22.1. The van der Waals surface area contributed by atoms with Crippen LogP contribution in [0.2, 0.25) is 5.02 Å². The molecule has 1 saturated heterocycles. The number of likely N-dealkylation sites (tertiary alicyclic amines) is 1. The van der Waals surface area contributed by atoms with Crippen LogP contribution in [0, 0.1) is 13.8 Å². The van der Waals surface area contributed by atoms with Crippen LogP contribution in [-0.2, 0) is 16.1 Å². The number of H-pyrrole nitrogens is 1. The fourth-order valence-corrected chi connectivity index (χ4v) is 4.21. The number of Topliss-reactive ketones (excluding diaryl/α,β-unsaturated/α-hetero) is 1. The summed E-state index contributed by atoms with van der Waals surface area (Å²) in [7, 11) is 0. The number of aliphatic hydroxyl groups excluding tert-OH is 1. The summed E-state index contributed by atoms with van der Waals surface area (Å²) in [6.07, 6.45) is 5.85. The van der Waals surface area contributed by atoms with Crippen molar-refractivity contribution in [3.63, 3.8) is 0 Å². The zero-order valence-electron chi connectivity index (χ0n) is 17.2. The number of carbonyl (C=O) groups excluding carboxylic acids is 2. The summed E-state index contributed by atoms with van der Waals surface area (Å²) in [4.78, 5) is 31.5. The van der Waals surface area contributed by atoms with Gasteiger partial charge in [-0.3, -0.25) is 14.7 Å². The maximum atomic E-state index is 13.0. The van der Waals surface area contributed by atoms with Gasteiger partial charge in [0.15, 0.2) is 0 Å². The van der Waals surface area contributed by atoms with E-state index in [0.717, 1.165) is 0 Å². The summed E-state index contributed by atoms with van der Waals surface area (Å²) in [6, 6.07) is 6.25. The Morgan fingerprint density at radius 3 is 2.71 bits per heavy atom. The van der Waals surface area contributed by atoms with Crippen molar-refractivity contribution < 1.29 is 14.7 Å². The lowest BCUT2D eigenvalue weighted by Gasteiger charge is -2.25. The van der Waals surface area contributed by atoms with Crippen LogP contribution in [0.3, 0.4) is 0 Å². The molecule has 0 saturated carbocycles. The molecule has 3 heterocycles. The summed E-state index contributed by atoms with van der Waals surface area (Å²) in [5.74, 6) is -1.59. The van der Waals surface area contributed by atoms with Gasteiger partial charge in [-0.05, 0) is 38.0 Å². The van der Waals surface area contributed by atoms with Crippen molar-refractivity contribution in [3.05, 3.63) is 76.1 Å². The standard InChI is InChI=1S/C22H22ClN5O3/c1-13-17(14(2)26-25-13)20(29)18-19(15-5-3-6-16(23)11-15)28(22(31)21(18)30)9-4-8-27-10-7-24-12-27/h3,5-7,10-12,19,29H,4,8-9H2,1-2H3,(H,25,26)/b20-18+. The van der Waals surface area contributed by atoms with Gasteiger partial charge in [0, 0.05) is 36.2 Å². The largest absolute Gasteiger partial charge is 0.507 e. The monoisotopic (exact) mass is 439 g/mol. The first-order valence-corrected chi connectivity index (χ1v) is 10.3. The molecule has 0 spiro atoms. The second kappa shape index (κ2) is 8.39. The minimum absolute atomic E-state index is 0.0440. The van der Waals surface area contributed by atoms with E-state index in [9.17, 15) is 14.7 Å². The highest BCUT2D eigenvalue weighted by Gasteiger charge is 2.46. The van der Waals surface area contributed by atoms with Gasteiger partial charge in [-0.15, -0.1) is 0 Å². The summed E-state index contributed by atoms with van der Waals surface area (Å²) in [5, 5.41) is 18.5. The molecule has 3 aromatic rings. The minimum atomic E-state index is -0.741. The van der Waals surface area contributed by atoms with Gasteiger partial charge in [-0.25, -0.2) is 4.98 Å². The van der Waals surface area contributed by atoms with Gasteiger partial charge in [0.25, 0.3) is 11.7 Å². The number of nitrogens with one attached hydrogen (secondary N) is 1. The van der Waals surface area contributed by atoms with Crippen LogP contribution in [0.4, 0.5) is 0 Å². The normalized spacial score (nSPS) is 18.2. The molecule has 1 atom stereocenters. The second-order valence-corrected chi connectivity index (χ2v) is 7.95. The molecule has 0 aliphatic carbocycles. The van der Waals surface area contributed by atoms with Gasteiger partial charge in [0.05, 0.1) is 29.2 Å². The van der Waals surface area contributed by atoms with Crippen LogP contribution >= 0.6 is 11.6 Å². The van der Waals surface area contributed by atoms with Crippen molar-refractivity contribution >= 4 is 29.1 Å². The van der Waals surface area contributed by atoms with E-state index >= 15 is 0 Å². The Hall–Kier alpha value is -3.39. The molecule has 31 heavy (non-hydrogen) atoms. The zero-order valence-corrected chi connectivity index (χ0v) is 17.9. The lowest BCUT2D eigenvalue weighted by molar-refractivity contribution is -0.139. The molecule has 1 fully saturated rings. The number of aliphatic hydroxyl groups is 1. The molecule has 160 valence electrons. The van der Waals surface area contributed by atoms with E-state index in [1.807, 2.05) is 10.8 Å². The number of rotatable bonds is 6. The lowest BCUT2D eigenvalue weighted by atomic mass is 9.94. The highest BCUT2D eigenvalue weighted by Crippen LogP contribution is 2.40. The van der Waals surface area contributed by atoms with Gasteiger partial charge >= 0.3 is 0 Å². The highest BCUT2D eigenvalue weighted by atomic mass is 35.5. The van der Waals surface area contributed by atoms with Crippen LogP contribution in [-0.4, -0.2) is 48.0 Å². The molecule has 2 N–H and O–H groups in total. The maximum absolute atomic E-state index is 13.0. The number of carbonyl (C=O) groups is 2. The van der Waals surface area contributed by atoms with Gasteiger partial charge in [-0.1, -0.05) is 23.7 Å². The molecule has 8 nitrogen and oxygen atoms in total. The van der Waals surface area contributed by atoms with Crippen molar-refractivity contribution in [3.8, 4) is 0 Å². The predicted octanol–water partition coefficient (Wildman–Crippen LogP) is 3.39. The highest BCUT2D eigenvalue weighted by molar-refractivity contribution is 6.46. The third-order valence-electron chi connectivity index (χ3n) is 5.44. The van der Waals surface area contributed by atoms with E-state index in [1.165, 1.54) is 4.90 Å². The smallest absolute Gasteiger partial charge is 0.295 e. The molecule has 1 aliphatic heterocycles. The van der Waals surface area contributed by atoms with Crippen molar-refractivity contribution in [1.29, 1.82) is 0 Å². The first-order valence-electron chi connectivity index (χ1n) is 9.90. The Morgan fingerprint density at radius 2 is 2.06 bits per heavy atom. The van der Waals surface area contributed by atoms with Crippen LogP contribution in [0.25, 0.3) is 5.76 Å². The molecular formula is C22H22ClN5O3. The maximum Gasteiger partial charge on any atom is 0.295 e. The third-order valence-corrected chi connectivity index (χ3v) is 5.68. The van der Waals surface area contributed by atoms with Crippen molar-refractivity contribution in [2.45, 2.75) is 32.9 Å². The van der Waals surface area contributed by atoms with E-state index in [2.05, 4.69) is 15.2 Å². The quantitative estimate of drug-likeness (QED) is 0.348. The third kappa shape index (κ3) is 3.86. The number of benzene rings is 1. The second-order valence-electron chi connectivity index (χ2n) is 7.51. The first-order chi connectivity index (χ1) is 14.9. The van der Waals surface area contributed by atoms with Crippen LogP contribution in [0.15, 0.2) is 48.6 Å². The van der Waals surface area contributed by atoms with Gasteiger partial charge in [0.1, 0.15) is 5.76 Å². The molecule has 1 amide bonds. The number of aromatic nitrogens is 4. The topological polar surface area (TPSA) is 104 Å². The Bertz CT molecular complexity index is 1150. The predicted molar refractivity (Wildman–Crippen MR) is 115 cm³/mol. The Labute approximate surface area is 184 Å². The number of aromatic amines is 1. The van der Waals surface area contributed by atoms with Crippen LogP contribution in [0.5, 0.6) is 0 Å². The summed E-state index contributed by atoms with van der Waals surface area (Å²) < 4.78 is 1.91. The number of hydrogen-bond acceptors (Lipinski definition) is 5. The van der Waals surface area contributed by atoms with E-state index in [-0.39, 0.29) is 11.3 Å². The summed E-state index contributed by atoms with van der Waals surface area (Å²) in [5.41, 5.74) is 2.30. The van der Waals surface area contributed by atoms with Gasteiger partial charge < -0.3 is 14.6 Å². The van der Waals surface area contributed by atoms with E-state index in [4.69, 9.17) is 11.6 Å². The lowest BCUT2D eigenvalue weighted by Crippen LogP contribution is -2.31. The molecule has 1 aliphatic rings. The first kappa shape index (κ1) is 20.9. The Morgan fingerprint density at radius 1 is 1.26 bits per heavy atom. The molecule has 0 radical (unpaired) electrons. The van der Waals surface area contributed by atoms with E-state index in [0.29, 0.717) is 47.0 Å². The number of nitrogens with zero attached hydrogens (tertiary/aromatic N) is 4. The molecule has 2 aromatic heterocycles.